The first-order valence-electron chi connectivity index (χ1n) is 13.6. The number of carbonyl (C=O) groups excluding carboxylic acids is 1. The lowest BCUT2D eigenvalue weighted by Gasteiger charge is -2.42. The summed E-state index contributed by atoms with van der Waals surface area (Å²) in [6.07, 6.45) is 5.48. The van der Waals surface area contributed by atoms with Gasteiger partial charge in [0.15, 0.2) is 0 Å². The molecule has 2 aliphatic rings. The summed E-state index contributed by atoms with van der Waals surface area (Å²) in [5.74, 6) is 0.616. The summed E-state index contributed by atoms with van der Waals surface area (Å²) >= 11 is 0. The van der Waals surface area contributed by atoms with Crippen LogP contribution in [0.25, 0.3) is 0 Å². The predicted octanol–water partition coefficient (Wildman–Crippen LogP) is 3.75. The van der Waals surface area contributed by atoms with Crippen molar-refractivity contribution in [1.82, 2.24) is 19.8 Å². The molecule has 2 saturated heterocycles. The fourth-order valence-electron chi connectivity index (χ4n) is 5.47. The molecule has 3 aromatic rings. The van der Waals surface area contributed by atoms with E-state index in [1.165, 1.54) is 0 Å². The molecule has 3 heterocycles. The van der Waals surface area contributed by atoms with Crippen molar-refractivity contribution in [3.63, 3.8) is 0 Å². The van der Waals surface area contributed by atoms with Gasteiger partial charge in [0.25, 0.3) is 0 Å². The van der Waals surface area contributed by atoms with Crippen molar-refractivity contribution < 1.29 is 9.53 Å². The van der Waals surface area contributed by atoms with Gasteiger partial charge < -0.3 is 15.4 Å². The quantitative estimate of drug-likeness (QED) is 0.307. The molecule has 1 aromatic heterocycles. The molecule has 0 radical (unpaired) electrons. The highest BCUT2D eigenvalue weighted by Crippen LogP contribution is 2.27. The fourth-order valence-corrected chi connectivity index (χ4v) is 5.47. The number of aromatic nitrogens is 2. The Morgan fingerprint density at radius 1 is 1.03 bits per heavy atom. The molecule has 9 heteroatoms. The monoisotopic (exact) mass is 527 g/mol. The number of amides is 2. The van der Waals surface area contributed by atoms with E-state index in [0.29, 0.717) is 37.8 Å². The number of piperidine rings is 1. The number of nitrogens with one attached hydrogen (secondary N) is 1. The Balaban J connectivity index is 1.23. The number of benzene rings is 2. The molecule has 39 heavy (non-hydrogen) atoms. The second kappa shape index (κ2) is 12.8. The van der Waals surface area contributed by atoms with Crippen LogP contribution in [0.5, 0.6) is 0 Å². The normalized spacial score (nSPS) is 18.9. The summed E-state index contributed by atoms with van der Waals surface area (Å²) in [4.78, 5) is 28.4. The first kappa shape index (κ1) is 26.8. The van der Waals surface area contributed by atoms with Crippen LogP contribution >= 0.6 is 0 Å². The van der Waals surface area contributed by atoms with E-state index >= 15 is 0 Å². The molecule has 9 nitrogen and oxygen atoms in total. The van der Waals surface area contributed by atoms with E-state index in [4.69, 9.17) is 15.9 Å². The summed E-state index contributed by atoms with van der Waals surface area (Å²) in [5, 5.41) is 7.84. The van der Waals surface area contributed by atoms with Crippen LogP contribution in [0.4, 0.5) is 10.5 Å². The highest BCUT2D eigenvalue weighted by Gasteiger charge is 2.35. The van der Waals surface area contributed by atoms with Crippen LogP contribution in [0, 0.1) is 17.2 Å². The highest BCUT2D eigenvalue weighted by molar-refractivity contribution is 5.98. The first-order chi connectivity index (χ1) is 19.0. The van der Waals surface area contributed by atoms with Gasteiger partial charge in [-0.25, -0.2) is 14.8 Å². The van der Waals surface area contributed by atoms with E-state index in [0.717, 1.165) is 56.0 Å². The SMILES string of the molecule is N=C(N)c1cccc(N2CC(COCc3ccccc3)CN(CC3CCN(Cc4ccncn4)CC3)C2=O)c1. The van der Waals surface area contributed by atoms with Crippen molar-refractivity contribution in [1.29, 1.82) is 5.41 Å². The third-order valence-corrected chi connectivity index (χ3v) is 7.57. The fraction of sp³-hybridized carbons (Fsp3) is 0.400. The molecule has 5 rings (SSSR count). The maximum Gasteiger partial charge on any atom is 0.324 e. The molecule has 204 valence electrons. The van der Waals surface area contributed by atoms with E-state index < -0.39 is 0 Å². The maximum absolute atomic E-state index is 13.7. The number of hydrogen-bond acceptors (Lipinski definition) is 6. The number of nitrogen functional groups attached to an aromatic ring is 1. The number of rotatable bonds is 10. The van der Waals surface area contributed by atoms with Crippen LogP contribution in [0.15, 0.2) is 73.2 Å². The van der Waals surface area contributed by atoms with Crippen LogP contribution in [0.1, 0.15) is 29.7 Å². The van der Waals surface area contributed by atoms with Crippen molar-refractivity contribution in [3.05, 3.63) is 90.0 Å². The van der Waals surface area contributed by atoms with Gasteiger partial charge in [-0.1, -0.05) is 42.5 Å². The molecule has 0 aliphatic carbocycles. The molecule has 3 N–H and O–H groups in total. The van der Waals surface area contributed by atoms with Crippen LogP contribution < -0.4 is 10.6 Å². The molecule has 1 unspecified atom stereocenters. The second-order valence-electron chi connectivity index (χ2n) is 10.5. The minimum absolute atomic E-state index is 0.00497. The van der Waals surface area contributed by atoms with Gasteiger partial charge in [-0.3, -0.25) is 15.2 Å². The predicted molar refractivity (Wildman–Crippen MR) is 151 cm³/mol. The molecule has 0 saturated carbocycles. The van der Waals surface area contributed by atoms with Crippen molar-refractivity contribution in [3.8, 4) is 0 Å². The Kier molecular flexibility index (Phi) is 8.80. The summed E-state index contributed by atoms with van der Waals surface area (Å²) in [5.41, 5.74) is 9.31. The molecule has 2 fully saturated rings. The van der Waals surface area contributed by atoms with Crippen molar-refractivity contribution >= 4 is 17.6 Å². The van der Waals surface area contributed by atoms with Gasteiger partial charge in [-0.15, -0.1) is 0 Å². The molecular formula is C30H37N7O2. The van der Waals surface area contributed by atoms with E-state index in [2.05, 4.69) is 27.0 Å². The third-order valence-electron chi connectivity index (χ3n) is 7.57. The van der Waals surface area contributed by atoms with Crippen LogP contribution in [-0.2, 0) is 17.9 Å². The lowest BCUT2D eigenvalue weighted by atomic mass is 9.95. The average Bonchev–Trinajstić information content (AvgIpc) is 2.97. The zero-order valence-corrected chi connectivity index (χ0v) is 22.3. The van der Waals surface area contributed by atoms with Gasteiger partial charge in [0.05, 0.1) is 18.9 Å². The standard InChI is InChI=1S/C30H37N7O2/c31-29(32)26-7-4-8-28(15-26)37-18-25(21-39-20-24-5-2-1-3-6-24)17-36(30(37)38)16-23-10-13-35(14-11-23)19-27-9-12-33-22-34-27/h1-9,12,15,22-23,25H,10-11,13-14,16-21H2,(H3,31,32). The smallest absolute Gasteiger partial charge is 0.324 e. The van der Waals surface area contributed by atoms with E-state index in [9.17, 15) is 4.79 Å². The van der Waals surface area contributed by atoms with E-state index in [-0.39, 0.29) is 17.8 Å². The molecule has 0 bridgehead atoms. The number of anilines is 1. The van der Waals surface area contributed by atoms with Crippen LogP contribution in [-0.4, -0.2) is 71.0 Å². The van der Waals surface area contributed by atoms with E-state index in [1.54, 1.807) is 18.6 Å². The minimum atomic E-state index is -0.00497. The zero-order chi connectivity index (χ0) is 27.0. The number of amidine groups is 1. The third kappa shape index (κ3) is 7.19. The van der Waals surface area contributed by atoms with Crippen molar-refractivity contribution in [2.45, 2.75) is 26.0 Å². The lowest BCUT2D eigenvalue weighted by molar-refractivity contribution is 0.0643. The molecule has 1 atom stereocenters. The van der Waals surface area contributed by atoms with Crippen LogP contribution in [0.3, 0.4) is 0 Å². The number of nitrogens with zero attached hydrogens (tertiary/aromatic N) is 5. The van der Waals surface area contributed by atoms with Crippen molar-refractivity contribution in [2.75, 3.05) is 44.2 Å². The maximum atomic E-state index is 13.7. The Labute approximate surface area is 230 Å². The number of hydrogen-bond donors (Lipinski definition) is 2. The Bertz CT molecular complexity index is 1230. The van der Waals surface area contributed by atoms with Gasteiger partial charge in [-0.2, -0.15) is 0 Å². The lowest BCUT2D eigenvalue weighted by Crippen LogP contribution is -2.56. The molecule has 2 amide bonds. The summed E-state index contributed by atoms with van der Waals surface area (Å²) in [6.45, 7) is 5.92. The number of nitrogens with two attached hydrogens (primary N) is 1. The van der Waals surface area contributed by atoms with E-state index in [1.807, 2.05) is 52.3 Å². The van der Waals surface area contributed by atoms with Crippen LogP contribution in [0.2, 0.25) is 0 Å². The average molecular weight is 528 g/mol. The number of likely N-dealkylation sites (tertiary alicyclic amines) is 1. The topological polar surface area (TPSA) is 112 Å². The minimum Gasteiger partial charge on any atom is -0.384 e. The van der Waals surface area contributed by atoms with Gasteiger partial charge >= 0.3 is 6.03 Å². The molecule has 2 aliphatic heterocycles. The number of carbonyl (C=O) groups is 1. The van der Waals surface area contributed by atoms with Gasteiger partial charge in [-0.05, 0) is 55.6 Å². The molecular weight excluding hydrogens is 490 g/mol. The molecule has 2 aromatic carbocycles. The highest BCUT2D eigenvalue weighted by atomic mass is 16.5. The number of ether oxygens (including phenoxy) is 1. The summed E-state index contributed by atoms with van der Waals surface area (Å²) < 4.78 is 6.11. The van der Waals surface area contributed by atoms with Crippen molar-refractivity contribution in [2.24, 2.45) is 17.6 Å². The Hall–Kier alpha value is -3.82. The molecule has 0 spiro atoms. The Morgan fingerprint density at radius 2 is 1.85 bits per heavy atom. The largest absolute Gasteiger partial charge is 0.384 e. The Morgan fingerprint density at radius 3 is 2.59 bits per heavy atom. The summed E-state index contributed by atoms with van der Waals surface area (Å²) in [7, 11) is 0. The zero-order valence-electron chi connectivity index (χ0n) is 22.3. The number of urea groups is 1. The summed E-state index contributed by atoms with van der Waals surface area (Å²) in [6, 6.07) is 19.5. The second-order valence-corrected chi connectivity index (χ2v) is 10.5. The first-order valence-corrected chi connectivity index (χ1v) is 13.6. The van der Waals surface area contributed by atoms with Gasteiger partial charge in [0.1, 0.15) is 12.2 Å². The van der Waals surface area contributed by atoms with Gasteiger partial charge in [0.2, 0.25) is 0 Å². The van der Waals surface area contributed by atoms with Gasteiger partial charge in [0, 0.05) is 49.5 Å².